The van der Waals surface area contributed by atoms with Crippen molar-refractivity contribution >= 4 is 39.8 Å². The summed E-state index contributed by atoms with van der Waals surface area (Å²) in [6.45, 7) is 0. The van der Waals surface area contributed by atoms with Gasteiger partial charge in [0.25, 0.3) is 0 Å². The first kappa shape index (κ1) is 12.1. The Bertz CT molecular complexity index is 947. The van der Waals surface area contributed by atoms with E-state index in [2.05, 4.69) is 20.5 Å². The number of nitrogens with one attached hydrogen (secondary N) is 1. The van der Waals surface area contributed by atoms with Crippen LogP contribution in [0.15, 0.2) is 54.9 Å². The standard InChI is InChI=1S/C15H10ClN5/c16-10-4-3-5-11(8-10)18-15-19-13-7-2-1-6-12(13)14-20-17-9-21(14)15/h1-9H,(H,18,19). The number of hydrogen-bond donors (Lipinski definition) is 1. The van der Waals surface area contributed by atoms with Gasteiger partial charge in [0.15, 0.2) is 5.65 Å². The van der Waals surface area contributed by atoms with Crippen molar-refractivity contribution in [2.75, 3.05) is 5.32 Å². The van der Waals surface area contributed by atoms with Crippen molar-refractivity contribution in [3.63, 3.8) is 0 Å². The van der Waals surface area contributed by atoms with E-state index in [1.54, 1.807) is 6.33 Å². The molecule has 0 amide bonds. The fraction of sp³-hybridized carbons (Fsp3) is 0. The highest BCUT2D eigenvalue weighted by Gasteiger charge is 2.09. The second-order valence-corrected chi connectivity index (χ2v) is 5.05. The zero-order chi connectivity index (χ0) is 14.2. The Balaban J connectivity index is 1.92. The van der Waals surface area contributed by atoms with Gasteiger partial charge >= 0.3 is 0 Å². The van der Waals surface area contributed by atoms with Crippen molar-refractivity contribution in [3.05, 3.63) is 59.9 Å². The number of halogens is 1. The molecule has 5 nitrogen and oxygen atoms in total. The predicted molar refractivity (Wildman–Crippen MR) is 83.0 cm³/mol. The minimum Gasteiger partial charge on any atom is -0.325 e. The highest BCUT2D eigenvalue weighted by Crippen LogP contribution is 2.23. The van der Waals surface area contributed by atoms with Crippen LogP contribution in [0.5, 0.6) is 0 Å². The van der Waals surface area contributed by atoms with Gasteiger partial charge in [-0.1, -0.05) is 29.8 Å². The van der Waals surface area contributed by atoms with Crippen LogP contribution < -0.4 is 5.32 Å². The second-order valence-electron chi connectivity index (χ2n) is 4.61. The molecule has 4 rings (SSSR count). The number of aromatic nitrogens is 4. The Hall–Kier alpha value is -2.66. The summed E-state index contributed by atoms with van der Waals surface area (Å²) < 4.78 is 1.82. The van der Waals surface area contributed by atoms with E-state index in [9.17, 15) is 0 Å². The molecule has 0 radical (unpaired) electrons. The first-order valence-corrected chi connectivity index (χ1v) is 6.80. The number of anilines is 2. The summed E-state index contributed by atoms with van der Waals surface area (Å²) in [6, 6.07) is 15.3. The quantitative estimate of drug-likeness (QED) is 0.613. The number of rotatable bonds is 2. The summed E-state index contributed by atoms with van der Waals surface area (Å²) in [6.07, 6.45) is 1.64. The molecule has 0 saturated carbocycles. The van der Waals surface area contributed by atoms with Gasteiger partial charge in [0, 0.05) is 16.1 Å². The van der Waals surface area contributed by atoms with E-state index in [-0.39, 0.29) is 0 Å². The molecule has 4 aromatic rings. The van der Waals surface area contributed by atoms with Gasteiger partial charge in [0.05, 0.1) is 5.52 Å². The third-order valence-electron chi connectivity index (χ3n) is 3.23. The van der Waals surface area contributed by atoms with Crippen LogP contribution in [-0.2, 0) is 0 Å². The van der Waals surface area contributed by atoms with Crippen molar-refractivity contribution in [1.82, 2.24) is 19.6 Å². The van der Waals surface area contributed by atoms with Crippen molar-refractivity contribution in [2.45, 2.75) is 0 Å². The van der Waals surface area contributed by atoms with E-state index in [0.717, 1.165) is 22.2 Å². The van der Waals surface area contributed by atoms with E-state index in [4.69, 9.17) is 11.6 Å². The number of hydrogen-bond acceptors (Lipinski definition) is 4. The minimum absolute atomic E-state index is 0.649. The third-order valence-corrected chi connectivity index (χ3v) is 3.46. The van der Waals surface area contributed by atoms with Crippen LogP contribution in [0, 0.1) is 0 Å². The van der Waals surface area contributed by atoms with Gasteiger partial charge in [-0.2, -0.15) is 0 Å². The fourth-order valence-corrected chi connectivity index (χ4v) is 2.48. The molecule has 0 aliphatic rings. The Morgan fingerprint density at radius 3 is 2.86 bits per heavy atom. The molecule has 0 saturated heterocycles. The number of nitrogens with zero attached hydrogens (tertiary/aromatic N) is 4. The summed E-state index contributed by atoms with van der Waals surface area (Å²) in [5, 5.41) is 13.0. The predicted octanol–water partition coefficient (Wildman–Crippen LogP) is 3.67. The van der Waals surface area contributed by atoms with E-state index >= 15 is 0 Å². The van der Waals surface area contributed by atoms with Gasteiger partial charge in [0.2, 0.25) is 5.95 Å². The molecule has 0 bridgehead atoms. The van der Waals surface area contributed by atoms with E-state index in [1.807, 2.05) is 52.9 Å². The Kier molecular flexibility index (Phi) is 2.72. The van der Waals surface area contributed by atoms with Gasteiger partial charge < -0.3 is 5.32 Å². The lowest BCUT2D eigenvalue weighted by molar-refractivity contribution is 1.09. The monoisotopic (exact) mass is 295 g/mol. The molecule has 102 valence electrons. The maximum atomic E-state index is 6.01. The molecule has 0 aliphatic carbocycles. The SMILES string of the molecule is Clc1cccc(Nc2nc3ccccc3c3nncn23)c1. The van der Waals surface area contributed by atoms with Crippen LogP contribution in [0.2, 0.25) is 5.02 Å². The molecule has 0 fully saturated rings. The van der Waals surface area contributed by atoms with E-state index in [0.29, 0.717) is 11.0 Å². The van der Waals surface area contributed by atoms with Gasteiger partial charge in [0.1, 0.15) is 6.33 Å². The summed E-state index contributed by atoms with van der Waals surface area (Å²) in [7, 11) is 0. The number of para-hydroxylation sites is 1. The first-order chi connectivity index (χ1) is 10.3. The largest absolute Gasteiger partial charge is 0.325 e. The highest BCUT2D eigenvalue weighted by atomic mass is 35.5. The zero-order valence-corrected chi connectivity index (χ0v) is 11.6. The molecular weight excluding hydrogens is 286 g/mol. The molecule has 0 aliphatic heterocycles. The molecule has 0 atom stereocenters. The minimum atomic E-state index is 0.649. The van der Waals surface area contributed by atoms with Crippen LogP contribution in [0.4, 0.5) is 11.6 Å². The fourth-order valence-electron chi connectivity index (χ4n) is 2.29. The lowest BCUT2D eigenvalue weighted by atomic mass is 10.2. The maximum absolute atomic E-state index is 6.01. The van der Waals surface area contributed by atoms with Gasteiger partial charge in [-0.25, -0.2) is 4.98 Å². The average molecular weight is 296 g/mol. The number of fused-ring (bicyclic) bond motifs is 3. The topological polar surface area (TPSA) is 55.1 Å². The van der Waals surface area contributed by atoms with Crippen molar-refractivity contribution in [2.24, 2.45) is 0 Å². The number of benzene rings is 2. The summed E-state index contributed by atoms with van der Waals surface area (Å²) >= 11 is 6.01. The molecular formula is C15H10ClN5. The second kappa shape index (κ2) is 4.71. The molecule has 2 heterocycles. The summed E-state index contributed by atoms with van der Waals surface area (Å²) in [5.74, 6) is 0.649. The third kappa shape index (κ3) is 2.08. The molecule has 0 unspecified atom stereocenters. The normalized spacial score (nSPS) is 11.1. The Morgan fingerprint density at radius 2 is 1.95 bits per heavy atom. The lowest BCUT2D eigenvalue weighted by Crippen LogP contribution is -2.01. The molecule has 6 heteroatoms. The van der Waals surface area contributed by atoms with Crippen molar-refractivity contribution in [3.8, 4) is 0 Å². The molecule has 1 N–H and O–H groups in total. The summed E-state index contributed by atoms with van der Waals surface area (Å²) in [5.41, 5.74) is 2.49. The van der Waals surface area contributed by atoms with E-state index in [1.165, 1.54) is 0 Å². The highest BCUT2D eigenvalue weighted by molar-refractivity contribution is 6.30. The van der Waals surface area contributed by atoms with Gasteiger partial charge in [-0.15, -0.1) is 10.2 Å². The van der Waals surface area contributed by atoms with Gasteiger partial charge in [-0.3, -0.25) is 4.40 Å². The van der Waals surface area contributed by atoms with Crippen molar-refractivity contribution < 1.29 is 0 Å². The van der Waals surface area contributed by atoms with Crippen LogP contribution in [-0.4, -0.2) is 19.6 Å². The van der Waals surface area contributed by atoms with Crippen LogP contribution in [0.25, 0.3) is 16.6 Å². The molecule has 2 aromatic carbocycles. The molecule has 0 spiro atoms. The zero-order valence-electron chi connectivity index (χ0n) is 10.9. The van der Waals surface area contributed by atoms with Gasteiger partial charge in [-0.05, 0) is 30.3 Å². The smallest absolute Gasteiger partial charge is 0.215 e. The Morgan fingerprint density at radius 1 is 1.05 bits per heavy atom. The maximum Gasteiger partial charge on any atom is 0.215 e. The molecule has 21 heavy (non-hydrogen) atoms. The average Bonchev–Trinajstić information content (AvgIpc) is 2.97. The van der Waals surface area contributed by atoms with E-state index < -0.39 is 0 Å². The first-order valence-electron chi connectivity index (χ1n) is 6.42. The van der Waals surface area contributed by atoms with Crippen LogP contribution in [0.1, 0.15) is 0 Å². The lowest BCUT2D eigenvalue weighted by Gasteiger charge is -2.09. The Labute approximate surface area is 125 Å². The summed E-state index contributed by atoms with van der Waals surface area (Å²) in [4.78, 5) is 4.63. The van der Waals surface area contributed by atoms with Crippen LogP contribution >= 0.6 is 11.6 Å². The van der Waals surface area contributed by atoms with Crippen LogP contribution in [0.3, 0.4) is 0 Å². The van der Waals surface area contributed by atoms with Crippen molar-refractivity contribution in [1.29, 1.82) is 0 Å². The molecule has 2 aromatic heterocycles.